The van der Waals surface area contributed by atoms with E-state index in [0.29, 0.717) is 37.0 Å². The standard InChI is InChI=1S/C21H25FO/c1-2-8-21(14-19(23)16-6-4-3-5-7-16)17-9-15-10-18(21)13-20(22,11-15)12-17/h2-7,15,17-18H,1,8-14H2. The SMILES string of the molecule is C=CCC1(CC(=O)c2ccccc2)C2CC3CC1CC(F)(C3)C2. The maximum Gasteiger partial charge on any atom is 0.163 e. The number of carbonyl (C=O) groups excluding carboxylic acids is 1. The highest BCUT2D eigenvalue weighted by molar-refractivity contribution is 5.96. The lowest BCUT2D eigenvalue weighted by atomic mass is 9.42. The van der Waals surface area contributed by atoms with Gasteiger partial charge < -0.3 is 0 Å². The first-order chi connectivity index (χ1) is 11.0. The molecule has 4 saturated carbocycles. The molecule has 0 spiro atoms. The molecule has 23 heavy (non-hydrogen) atoms. The smallest absolute Gasteiger partial charge is 0.163 e. The van der Waals surface area contributed by atoms with Crippen molar-refractivity contribution in [1.82, 2.24) is 0 Å². The average molecular weight is 312 g/mol. The largest absolute Gasteiger partial charge is 0.294 e. The topological polar surface area (TPSA) is 17.1 Å². The zero-order valence-electron chi connectivity index (χ0n) is 13.6. The number of hydrogen-bond acceptors (Lipinski definition) is 1. The van der Waals surface area contributed by atoms with E-state index in [2.05, 4.69) is 6.58 Å². The number of alkyl halides is 1. The molecule has 5 rings (SSSR count). The van der Waals surface area contributed by atoms with Gasteiger partial charge in [-0.15, -0.1) is 6.58 Å². The van der Waals surface area contributed by atoms with Gasteiger partial charge in [0, 0.05) is 12.0 Å². The van der Waals surface area contributed by atoms with Crippen LogP contribution in [0.1, 0.15) is 55.3 Å². The Hall–Kier alpha value is -1.44. The lowest BCUT2D eigenvalue weighted by molar-refractivity contribution is -0.158. The number of hydrogen-bond donors (Lipinski definition) is 0. The third-order valence-electron chi connectivity index (χ3n) is 6.85. The van der Waals surface area contributed by atoms with Crippen LogP contribution in [0.4, 0.5) is 4.39 Å². The van der Waals surface area contributed by atoms with E-state index in [1.807, 2.05) is 36.4 Å². The minimum absolute atomic E-state index is 0.0544. The molecule has 4 aliphatic rings. The van der Waals surface area contributed by atoms with E-state index in [1.54, 1.807) is 0 Å². The third-order valence-corrected chi connectivity index (χ3v) is 6.85. The Morgan fingerprint density at radius 2 is 1.83 bits per heavy atom. The number of ketones is 1. The summed E-state index contributed by atoms with van der Waals surface area (Å²) in [5, 5.41) is 0. The minimum atomic E-state index is -0.947. The Balaban J connectivity index is 1.65. The molecule has 122 valence electrons. The molecular weight excluding hydrogens is 287 g/mol. The van der Waals surface area contributed by atoms with Crippen molar-refractivity contribution in [3.05, 3.63) is 48.6 Å². The van der Waals surface area contributed by atoms with Crippen LogP contribution < -0.4 is 0 Å². The Morgan fingerprint density at radius 3 is 2.39 bits per heavy atom. The van der Waals surface area contributed by atoms with Crippen molar-refractivity contribution in [1.29, 1.82) is 0 Å². The zero-order valence-corrected chi connectivity index (χ0v) is 13.6. The number of carbonyl (C=O) groups is 1. The summed E-state index contributed by atoms with van der Waals surface area (Å²) in [7, 11) is 0. The Kier molecular flexibility index (Phi) is 3.48. The molecule has 1 nitrogen and oxygen atoms in total. The normalized spacial score (nSPS) is 41.0. The first-order valence-electron chi connectivity index (χ1n) is 8.93. The summed E-state index contributed by atoms with van der Waals surface area (Å²) in [6.07, 6.45) is 7.68. The third kappa shape index (κ3) is 2.38. The van der Waals surface area contributed by atoms with Gasteiger partial charge >= 0.3 is 0 Å². The predicted octanol–water partition coefficient (Wildman–Crippen LogP) is 5.37. The van der Waals surface area contributed by atoms with Gasteiger partial charge in [-0.3, -0.25) is 4.79 Å². The van der Waals surface area contributed by atoms with Gasteiger partial charge in [0.15, 0.2) is 5.78 Å². The van der Waals surface area contributed by atoms with Gasteiger partial charge in [0.25, 0.3) is 0 Å². The summed E-state index contributed by atoms with van der Waals surface area (Å²) in [6.45, 7) is 3.95. The molecule has 0 heterocycles. The lowest BCUT2D eigenvalue weighted by Gasteiger charge is -2.63. The lowest BCUT2D eigenvalue weighted by Crippen LogP contribution is -2.58. The summed E-state index contributed by atoms with van der Waals surface area (Å²) in [6, 6.07) is 9.57. The molecule has 1 aromatic rings. The highest BCUT2D eigenvalue weighted by Crippen LogP contribution is 2.67. The number of Topliss-reactive ketones (excluding diaryl/α,β-unsaturated/α-hetero) is 1. The van der Waals surface area contributed by atoms with Crippen molar-refractivity contribution >= 4 is 5.78 Å². The molecule has 2 heteroatoms. The first kappa shape index (κ1) is 15.1. The van der Waals surface area contributed by atoms with E-state index < -0.39 is 5.67 Å². The second-order valence-corrected chi connectivity index (χ2v) is 8.19. The van der Waals surface area contributed by atoms with Crippen LogP contribution in [0.15, 0.2) is 43.0 Å². The Labute approximate surface area is 138 Å². The van der Waals surface area contributed by atoms with Crippen molar-refractivity contribution in [2.75, 3.05) is 0 Å². The summed E-state index contributed by atoms with van der Waals surface area (Å²) < 4.78 is 15.0. The summed E-state index contributed by atoms with van der Waals surface area (Å²) in [4.78, 5) is 12.9. The van der Waals surface area contributed by atoms with E-state index >= 15 is 4.39 Å². The van der Waals surface area contributed by atoms with E-state index in [9.17, 15) is 4.79 Å². The van der Waals surface area contributed by atoms with Crippen molar-refractivity contribution in [3.63, 3.8) is 0 Å². The second-order valence-electron chi connectivity index (χ2n) is 8.19. The Bertz CT molecular complexity index is 604. The fourth-order valence-electron chi connectivity index (χ4n) is 6.08. The van der Waals surface area contributed by atoms with Gasteiger partial charge in [0.2, 0.25) is 0 Å². The van der Waals surface area contributed by atoms with Crippen LogP contribution >= 0.6 is 0 Å². The number of rotatable bonds is 5. The Morgan fingerprint density at radius 1 is 1.17 bits per heavy atom. The molecule has 2 atom stereocenters. The van der Waals surface area contributed by atoms with Crippen LogP contribution in [0.5, 0.6) is 0 Å². The molecule has 4 fully saturated rings. The molecule has 0 N–H and O–H groups in total. The quantitative estimate of drug-likeness (QED) is 0.527. The molecule has 0 aromatic heterocycles. The predicted molar refractivity (Wildman–Crippen MR) is 90.0 cm³/mol. The monoisotopic (exact) mass is 312 g/mol. The summed E-state index contributed by atoms with van der Waals surface area (Å²) in [5.41, 5.74) is -0.210. The first-order valence-corrected chi connectivity index (χ1v) is 8.93. The van der Waals surface area contributed by atoms with Crippen LogP contribution in [0, 0.1) is 23.2 Å². The van der Waals surface area contributed by atoms with Gasteiger partial charge in [-0.25, -0.2) is 4.39 Å². The molecule has 4 bridgehead atoms. The van der Waals surface area contributed by atoms with Crippen LogP contribution in [0.3, 0.4) is 0 Å². The average Bonchev–Trinajstić information content (AvgIpc) is 2.52. The molecule has 0 amide bonds. The van der Waals surface area contributed by atoms with Gasteiger partial charge in [-0.05, 0) is 61.7 Å². The molecule has 1 aromatic carbocycles. The van der Waals surface area contributed by atoms with Crippen LogP contribution in [0.25, 0.3) is 0 Å². The fraction of sp³-hybridized carbons (Fsp3) is 0.571. The van der Waals surface area contributed by atoms with E-state index in [-0.39, 0.29) is 11.2 Å². The minimum Gasteiger partial charge on any atom is -0.294 e. The summed E-state index contributed by atoms with van der Waals surface area (Å²) in [5.74, 6) is 1.46. The van der Waals surface area contributed by atoms with Crippen molar-refractivity contribution in [2.24, 2.45) is 23.2 Å². The van der Waals surface area contributed by atoms with Gasteiger partial charge in [-0.1, -0.05) is 36.4 Å². The van der Waals surface area contributed by atoms with Crippen LogP contribution in [-0.2, 0) is 0 Å². The van der Waals surface area contributed by atoms with Crippen molar-refractivity contribution < 1.29 is 9.18 Å². The summed E-state index contributed by atoms with van der Waals surface area (Å²) >= 11 is 0. The number of benzene rings is 1. The second kappa shape index (κ2) is 5.29. The van der Waals surface area contributed by atoms with E-state index in [1.165, 1.54) is 0 Å². The number of halogens is 1. The maximum atomic E-state index is 15.0. The zero-order chi connectivity index (χ0) is 16.1. The molecule has 0 saturated heterocycles. The molecule has 2 unspecified atom stereocenters. The molecular formula is C21H25FO. The van der Waals surface area contributed by atoms with Gasteiger partial charge in [0.1, 0.15) is 5.67 Å². The van der Waals surface area contributed by atoms with Crippen molar-refractivity contribution in [2.45, 2.75) is 50.6 Å². The van der Waals surface area contributed by atoms with E-state index in [0.717, 1.165) is 31.2 Å². The van der Waals surface area contributed by atoms with E-state index in [4.69, 9.17) is 0 Å². The molecule has 0 aliphatic heterocycles. The number of allylic oxidation sites excluding steroid dienone is 1. The van der Waals surface area contributed by atoms with Gasteiger partial charge in [-0.2, -0.15) is 0 Å². The highest BCUT2D eigenvalue weighted by Gasteiger charge is 2.62. The van der Waals surface area contributed by atoms with Crippen LogP contribution in [0.2, 0.25) is 0 Å². The van der Waals surface area contributed by atoms with Crippen molar-refractivity contribution in [3.8, 4) is 0 Å². The van der Waals surface area contributed by atoms with Crippen LogP contribution in [-0.4, -0.2) is 11.5 Å². The fourth-order valence-corrected chi connectivity index (χ4v) is 6.08. The van der Waals surface area contributed by atoms with Gasteiger partial charge in [0.05, 0.1) is 0 Å². The molecule has 0 radical (unpaired) electrons. The maximum absolute atomic E-state index is 15.0. The molecule has 4 aliphatic carbocycles. The highest BCUT2D eigenvalue weighted by atomic mass is 19.1.